The molecular formula is C12H18N2O4S. The van der Waals surface area contributed by atoms with Gasteiger partial charge in [-0.05, 0) is 25.6 Å². The van der Waals surface area contributed by atoms with Gasteiger partial charge in [-0.2, -0.15) is 8.42 Å². The molecule has 19 heavy (non-hydrogen) atoms. The van der Waals surface area contributed by atoms with E-state index in [9.17, 15) is 8.42 Å². The van der Waals surface area contributed by atoms with Gasteiger partial charge >= 0.3 is 0 Å². The molecular weight excluding hydrogens is 268 g/mol. The van der Waals surface area contributed by atoms with Crippen LogP contribution in [0.4, 0.5) is 0 Å². The molecule has 6 nitrogen and oxygen atoms in total. The maximum Gasteiger partial charge on any atom is 0.264 e. The maximum atomic E-state index is 11.1. The third-order valence-electron chi connectivity index (χ3n) is 3.04. The Morgan fingerprint density at radius 1 is 1.53 bits per heavy atom. The van der Waals surface area contributed by atoms with Gasteiger partial charge in [0.15, 0.2) is 0 Å². The van der Waals surface area contributed by atoms with Crippen molar-refractivity contribution in [1.82, 2.24) is 9.88 Å². The van der Waals surface area contributed by atoms with E-state index >= 15 is 0 Å². The molecule has 1 unspecified atom stereocenters. The molecule has 0 aliphatic carbocycles. The van der Waals surface area contributed by atoms with Gasteiger partial charge in [-0.15, -0.1) is 0 Å². The summed E-state index contributed by atoms with van der Waals surface area (Å²) in [6.07, 6.45) is 4.77. The first-order chi connectivity index (χ1) is 8.94. The predicted molar refractivity (Wildman–Crippen MR) is 70.5 cm³/mol. The zero-order valence-corrected chi connectivity index (χ0v) is 11.8. The number of aromatic nitrogens is 1. The first-order valence-electron chi connectivity index (χ1n) is 6.05. The summed E-state index contributed by atoms with van der Waals surface area (Å²) in [7, 11) is -1.47. The van der Waals surface area contributed by atoms with Gasteiger partial charge in [0.05, 0.1) is 18.6 Å². The van der Waals surface area contributed by atoms with E-state index in [4.69, 9.17) is 8.92 Å². The summed E-state index contributed by atoms with van der Waals surface area (Å²) in [5.41, 5.74) is 0. The highest BCUT2D eigenvalue weighted by Gasteiger charge is 2.32. The Hall–Kier alpha value is -1.18. The molecule has 0 saturated carbocycles. The average molecular weight is 286 g/mol. The van der Waals surface area contributed by atoms with Crippen LogP contribution < -0.4 is 4.74 Å². The lowest BCUT2D eigenvalue weighted by Crippen LogP contribution is -2.30. The van der Waals surface area contributed by atoms with Crippen LogP contribution in [-0.4, -0.2) is 56.9 Å². The second kappa shape index (κ2) is 5.85. The fraction of sp³-hybridized carbons (Fsp3) is 0.583. The van der Waals surface area contributed by atoms with Crippen LogP contribution in [0.1, 0.15) is 6.42 Å². The van der Waals surface area contributed by atoms with Gasteiger partial charge in [0, 0.05) is 18.8 Å². The topological polar surface area (TPSA) is 68.7 Å². The van der Waals surface area contributed by atoms with Crippen LogP contribution in [0.25, 0.3) is 0 Å². The first kappa shape index (κ1) is 14.2. The van der Waals surface area contributed by atoms with E-state index in [0.717, 1.165) is 6.26 Å². The average Bonchev–Trinajstić information content (AvgIpc) is 2.66. The van der Waals surface area contributed by atoms with Crippen molar-refractivity contribution in [3.05, 3.63) is 24.5 Å². The Labute approximate surface area is 113 Å². The third kappa shape index (κ3) is 4.45. The van der Waals surface area contributed by atoms with Crippen molar-refractivity contribution in [3.8, 4) is 5.75 Å². The molecule has 0 bridgehead atoms. The standard InChI is InChI=1S/C12H18N2O4S/c1-14-8-12(18-19(2,15)16)6-10(14)9-17-11-4-3-5-13-7-11/h3-5,7,10,12H,6,8-9H2,1-2H3/t10?,12-/m0/s1. The zero-order chi connectivity index (χ0) is 13.9. The SMILES string of the molecule is CN1C[C@@H](OS(C)(=O)=O)CC1COc1cccnc1. The van der Waals surface area contributed by atoms with Crippen molar-refractivity contribution in [2.75, 3.05) is 26.5 Å². The second-order valence-electron chi connectivity index (χ2n) is 4.75. The van der Waals surface area contributed by atoms with E-state index in [-0.39, 0.29) is 12.1 Å². The molecule has 0 amide bonds. The lowest BCUT2D eigenvalue weighted by Gasteiger charge is -2.18. The fourth-order valence-corrected chi connectivity index (χ4v) is 2.80. The molecule has 0 N–H and O–H groups in total. The minimum Gasteiger partial charge on any atom is -0.490 e. The minimum atomic E-state index is -3.40. The molecule has 1 aromatic rings. The number of hydrogen-bond acceptors (Lipinski definition) is 6. The van der Waals surface area contributed by atoms with E-state index in [1.165, 1.54) is 0 Å². The highest BCUT2D eigenvalue weighted by Crippen LogP contribution is 2.21. The van der Waals surface area contributed by atoms with Gasteiger partial charge in [0.1, 0.15) is 12.4 Å². The van der Waals surface area contributed by atoms with Crippen molar-refractivity contribution in [1.29, 1.82) is 0 Å². The van der Waals surface area contributed by atoms with E-state index < -0.39 is 10.1 Å². The molecule has 0 aromatic carbocycles. The van der Waals surface area contributed by atoms with E-state index in [1.807, 2.05) is 24.1 Å². The minimum absolute atomic E-state index is 0.145. The molecule has 1 fully saturated rings. The quantitative estimate of drug-likeness (QED) is 0.735. The summed E-state index contributed by atoms with van der Waals surface area (Å²) >= 11 is 0. The Morgan fingerprint density at radius 3 is 2.95 bits per heavy atom. The summed E-state index contributed by atoms with van der Waals surface area (Å²) in [5.74, 6) is 0.711. The molecule has 106 valence electrons. The van der Waals surface area contributed by atoms with E-state index in [2.05, 4.69) is 4.98 Å². The van der Waals surface area contributed by atoms with Crippen LogP contribution in [0.3, 0.4) is 0 Å². The molecule has 1 aromatic heterocycles. The number of nitrogens with zero attached hydrogens (tertiary/aromatic N) is 2. The third-order valence-corrected chi connectivity index (χ3v) is 3.66. The van der Waals surface area contributed by atoms with E-state index in [1.54, 1.807) is 12.4 Å². The van der Waals surface area contributed by atoms with Crippen molar-refractivity contribution < 1.29 is 17.3 Å². The molecule has 1 saturated heterocycles. The number of likely N-dealkylation sites (tertiary alicyclic amines) is 1. The van der Waals surface area contributed by atoms with Crippen LogP contribution in [0.2, 0.25) is 0 Å². The summed E-state index contributed by atoms with van der Waals surface area (Å²) < 4.78 is 32.8. The molecule has 2 heterocycles. The highest BCUT2D eigenvalue weighted by molar-refractivity contribution is 7.86. The van der Waals surface area contributed by atoms with Crippen LogP contribution in [-0.2, 0) is 14.3 Å². The van der Waals surface area contributed by atoms with Gasteiger partial charge in [-0.1, -0.05) is 0 Å². The summed E-state index contributed by atoms with van der Waals surface area (Å²) in [6, 6.07) is 3.79. The van der Waals surface area contributed by atoms with Gasteiger partial charge in [0.25, 0.3) is 10.1 Å². The Bertz CT molecular complexity index is 506. The predicted octanol–water partition coefficient (Wildman–Crippen LogP) is 0.509. The number of rotatable bonds is 5. The Balaban J connectivity index is 1.85. The monoisotopic (exact) mass is 286 g/mol. The number of ether oxygens (including phenoxy) is 1. The number of pyridine rings is 1. The normalized spacial score (nSPS) is 24.5. The molecule has 1 aliphatic rings. The van der Waals surface area contributed by atoms with E-state index in [0.29, 0.717) is 25.3 Å². The Morgan fingerprint density at radius 2 is 2.32 bits per heavy atom. The molecule has 2 atom stereocenters. The number of hydrogen-bond donors (Lipinski definition) is 0. The van der Waals surface area contributed by atoms with Gasteiger partial charge < -0.3 is 4.74 Å². The largest absolute Gasteiger partial charge is 0.490 e. The summed E-state index contributed by atoms with van der Waals surface area (Å²) in [6.45, 7) is 1.08. The van der Waals surface area contributed by atoms with Crippen molar-refractivity contribution in [2.45, 2.75) is 18.6 Å². The fourth-order valence-electron chi connectivity index (χ4n) is 2.17. The molecule has 7 heteroatoms. The van der Waals surface area contributed by atoms with Crippen molar-refractivity contribution >= 4 is 10.1 Å². The summed E-state index contributed by atoms with van der Waals surface area (Å²) in [5, 5.41) is 0. The highest BCUT2D eigenvalue weighted by atomic mass is 32.2. The van der Waals surface area contributed by atoms with Crippen molar-refractivity contribution in [3.63, 3.8) is 0 Å². The zero-order valence-electron chi connectivity index (χ0n) is 11.0. The van der Waals surface area contributed by atoms with Crippen LogP contribution in [0.15, 0.2) is 24.5 Å². The van der Waals surface area contributed by atoms with Crippen LogP contribution >= 0.6 is 0 Å². The van der Waals surface area contributed by atoms with Crippen LogP contribution in [0, 0.1) is 0 Å². The summed E-state index contributed by atoms with van der Waals surface area (Å²) in [4.78, 5) is 6.02. The Kier molecular flexibility index (Phi) is 4.38. The molecule has 1 aliphatic heterocycles. The lowest BCUT2D eigenvalue weighted by atomic mass is 10.2. The molecule has 0 spiro atoms. The van der Waals surface area contributed by atoms with Gasteiger partial charge in [-0.3, -0.25) is 14.1 Å². The van der Waals surface area contributed by atoms with Gasteiger partial charge in [-0.25, -0.2) is 0 Å². The molecule has 0 radical (unpaired) electrons. The lowest BCUT2D eigenvalue weighted by molar-refractivity contribution is 0.197. The smallest absolute Gasteiger partial charge is 0.264 e. The van der Waals surface area contributed by atoms with Crippen LogP contribution in [0.5, 0.6) is 5.75 Å². The second-order valence-corrected chi connectivity index (χ2v) is 6.35. The molecule has 2 rings (SSSR count). The first-order valence-corrected chi connectivity index (χ1v) is 7.87. The van der Waals surface area contributed by atoms with Crippen molar-refractivity contribution in [2.24, 2.45) is 0 Å². The van der Waals surface area contributed by atoms with Gasteiger partial charge in [0.2, 0.25) is 0 Å². The number of likely N-dealkylation sites (N-methyl/N-ethyl adjacent to an activating group) is 1. The maximum absolute atomic E-state index is 11.1.